The van der Waals surface area contributed by atoms with Crippen LogP contribution in [0.15, 0.2) is 24.3 Å². The second-order valence-electron chi connectivity index (χ2n) is 5.35. The molecule has 0 saturated carbocycles. The molecule has 1 aromatic rings. The molecule has 0 spiro atoms. The minimum absolute atomic E-state index is 0.157. The molecule has 1 aliphatic rings. The first-order valence-electron chi connectivity index (χ1n) is 6.82. The molecule has 1 aliphatic heterocycles. The van der Waals surface area contributed by atoms with Gasteiger partial charge in [0.25, 0.3) is 0 Å². The SMILES string of the molecule is CCN1CC(C)N(Cc2ccc(F)cc2)C(C)C1. The van der Waals surface area contributed by atoms with Gasteiger partial charge in [-0.2, -0.15) is 0 Å². The van der Waals surface area contributed by atoms with E-state index in [1.54, 1.807) is 12.1 Å². The molecule has 1 saturated heterocycles. The summed E-state index contributed by atoms with van der Waals surface area (Å²) in [7, 11) is 0. The summed E-state index contributed by atoms with van der Waals surface area (Å²) < 4.78 is 12.9. The van der Waals surface area contributed by atoms with E-state index in [9.17, 15) is 4.39 Å². The third-order valence-electron chi connectivity index (χ3n) is 3.90. The quantitative estimate of drug-likeness (QED) is 0.814. The number of rotatable bonds is 3. The number of halogens is 1. The van der Waals surface area contributed by atoms with Crippen molar-refractivity contribution in [2.24, 2.45) is 0 Å². The highest BCUT2D eigenvalue weighted by Gasteiger charge is 2.28. The molecule has 0 aromatic heterocycles. The fourth-order valence-corrected chi connectivity index (χ4v) is 2.84. The van der Waals surface area contributed by atoms with Gasteiger partial charge >= 0.3 is 0 Å². The molecule has 0 radical (unpaired) electrons. The van der Waals surface area contributed by atoms with Crippen LogP contribution in [0.5, 0.6) is 0 Å². The zero-order chi connectivity index (χ0) is 13.1. The van der Waals surface area contributed by atoms with Crippen LogP contribution in [0.25, 0.3) is 0 Å². The van der Waals surface area contributed by atoms with E-state index in [0.717, 1.165) is 26.2 Å². The summed E-state index contributed by atoms with van der Waals surface area (Å²) in [6.07, 6.45) is 0. The number of benzene rings is 1. The van der Waals surface area contributed by atoms with Gasteiger partial charge in [-0.1, -0.05) is 19.1 Å². The summed E-state index contributed by atoms with van der Waals surface area (Å²) in [6, 6.07) is 7.99. The summed E-state index contributed by atoms with van der Waals surface area (Å²) in [5.74, 6) is -0.157. The molecule has 2 nitrogen and oxygen atoms in total. The van der Waals surface area contributed by atoms with Gasteiger partial charge in [-0.3, -0.25) is 4.90 Å². The number of likely N-dealkylation sites (N-methyl/N-ethyl adjacent to an activating group) is 1. The molecule has 100 valence electrons. The van der Waals surface area contributed by atoms with Crippen molar-refractivity contribution in [3.63, 3.8) is 0 Å². The van der Waals surface area contributed by atoms with Crippen LogP contribution in [0.2, 0.25) is 0 Å². The summed E-state index contributed by atoms with van der Waals surface area (Å²) in [6.45, 7) is 11.1. The Morgan fingerprint density at radius 1 is 1.11 bits per heavy atom. The molecule has 0 amide bonds. The van der Waals surface area contributed by atoms with Gasteiger partial charge in [-0.15, -0.1) is 0 Å². The van der Waals surface area contributed by atoms with Crippen molar-refractivity contribution < 1.29 is 4.39 Å². The first kappa shape index (κ1) is 13.5. The number of piperazine rings is 1. The Balaban J connectivity index is 2.02. The molecule has 0 bridgehead atoms. The van der Waals surface area contributed by atoms with Gasteiger partial charge < -0.3 is 4.90 Å². The van der Waals surface area contributed by atoms with Crippen LogP contribution in [0.1, 0.15) is 26.3 Å². The Labute approximate surface area is 109 Å². The summed E-state index contributed by atoms with van der Waals surface area (Å²) in [4.78, 5) is 5.01. The Morgan fingerprint density at radius 2 is 1.67 bits per heavy atom. The van der Waals surface area contributed by atoms with Gasteiger partial charge in [0.05, 0.1) is 0 Å². The van der Waals surface area contributed by atoms with Crippen LogP contribution >= 0.6 is 0 Å². The van der Waals surface area contributed by atoms with E-state index in [4.69, 9.17) is 0 Å². The minimum atomic E-state index is -0.157. The highest BCUT2D eigenvalue weighted by Crippen LogP contribution is 2.18. The molecule has 2 atom stereocenters. The zero-order valence-electron chi connectivity index (χ0n) is 11.6. The topological polar surface area (TPSA) is 6.48 Å². The highest BCUT2D eigenvalue weighted by molar-refractivity contribution is 5.16. The van der Waals surface area contributed by atoms with Crippen LogP contribution < -0.4 is 0 Å². The van der Waals surface area contributed by atoms with E-state index >= 15 is 0 Å². The van der Waals surface area contributed by atoms with Gasteiger partial charge in [-0.25, -0.2) is 4.39 Å². The first-order valence-corrected chi connectivity index (χ1v) is 6.82. The maximum absolute atomic E-state index is 12.9. The van der Waals surface area contributed by atoms with Gasteiger partial charge in [-0.05, 0) is 38.1 Å². The van der Waals surface area contributed by atoms with E-state index < -0.39 is 0 Å². The number of nitrogens with zero attached hydrogens (tertiary/aromatic N) is 2. The Morgan fingerprint density at radius 3 is 2.17 bits per heavy atom. The lowest BCUT2D eigenvalue weighted by molar-refractivity contribution is 0.0355. The molecule has 1 aromatic carbocycles. The fraction of sp³-hybridized carbons (Fsp3) is 0.600. The van der Waals surface area contributed by atoms with Crippen LogP contribution in [0, 0.1) is 5.82 Å². The molecular weight excluding hydrogens is 227 g/mol. The van der Waals surface area contributed by atoms with Crippen LogP contribution in [-0.2, 0) is 6.54 Å². The van der Waals surface area contributed by atoms with Gasteiger partial charge in [0.2, 0.25) is 0 Å². The lowest BCUT2D eigenvalue weighted by atomic mass is 10.1. The summed E-state index contributed by atoms with van der Waals surface area (Å²) >= 11 is 0. The van der Waals surface area contributed by atoms with Gasteiger partial charge in [0, 0.05) is 31.7 Å². The molecular formula is C15H23FN2. The predicted molar refractivity (Wildman–Crippen MR) is 73.0 cm³/mol. The molecule has 2 rings (SSSR count). The lowest BCUT2D eigenvalue weighted by Crippen LogP contribution is -2.55. The van der Waals surface area contributed by atoms with Crippen LogP contribution in [0.3, 0.4) is 0 Å². The Hall–Kier alpha value is -0.930. The normalized spacial score (nSPS) is 26.4. The zero-order valence-corrected chi connectivity index (χ0v) is 11.6. The standard InChI is InChI=1S/C15H23FN2/c1-4-17-9-12(2)18(13(3)10-17)11-14-5-7-15(16)8-6-14/h5-8,12-13H,4,9-11H2,1-3H3. The summed E-state index contributed by atoms with van der Waals surface area (Å²) in [5.41, 5.74) is 1.19. The third kappa shape index (κ3) is 3.09. The molecule has 1 fully saturated rings. The molecule has 0 aliphatic carbocycles. The fourth-order valence-electron chi connectivity index (χ4n) is 2.84. The van der Waals surface area contributed by atoms with E-state index in [-0.39, 0.29) is 5.82 Å². The van der Waals surface area contributed by atoms with Crippen molar-refractivity contribution in [2.75, 3.05) is 19.6 Å². The average molecular weight is 250 g/mol. The largest absolute Gasteiger partial charge is 0.301 e. The van der Waals surface area contributed by atoms with E-state index in [2.05, 4.69) is 30.6 Å². The van der Waals surface area contributed by atoms with Crippen LogP contribution in [-0.4, -0.2) is 41.5 Å². The molecule has 0 N–H and O–H groups in total. The highest BCUT2D eigenvalue weighted by atomic mass is 19.1. The van der Waals surface area contributed by atoms with Crippen molar-refractivity contribution in [1.82, 2.24) is 9.80 Å². The molecule has 3 heteroatoms. The van der Waals surface area contributed by atoms with E-state index in [1.807, 2.05) is 12.1 Å². The van der Waals surface area contributed by atoms with E-state index in [1.165, 1.54) is 5.56 Å². The van der Waals surface area contributed by atoms with Crippen molar-refractivity contribution in [3.05, 3.63) is 35.6 Å². The molecule has 2 unspecified atom stereocenters. The second-order valence-corrected chi connectivity index (χ2v) is 5.35. The van der Waals surface area contributed by atoms with Gasteiger partial charge in [0.15, 0.2) is 0 Å². The monoisotopic (exact) mass is 250 g/mol. The Bertz CT molecular complexity index is 365. The van der Waals surface area contributed by atoms with Crippen molar-refractivity contribution in [2.45, 2.75) is 39.4 Å². The minimum Gasteiger partial charge on any atom is -0.301 e. The number of hydrogen-bond donors (Lipinski definition) is 0. The molecule has 1 heterocycles. The smallest absolute Gasteiger partial charge is 0.123 e. The van der Waals surface area contributed by atoms with Crippen LogP contribution in [0.4, 0.5) is 4.39 Å². The molecule has 18 heavy (non-hydrogen) atoms. The number of hydrogen-bond acceptors (Lipinski definition) is 2. The Kier molecular flexibility index (Phi) is 4.36. The van der Waals surface area contributed by atoms with Crippen molar-refractivity contribution in [1.29, 1.82) is 0 Å². The predicted octanol–water partition coefficient (Wildman–Crippen LogP) is 2.74. The van der Waals surface area contributed by atoms with Gasteiger partial charge in [0.1, 0.15) is 5.82 Å². The third-order valence-corrected chi connectivity index (χ3v) is 3.90. The van der Waals surface area contributed by atoms with Crippen molar-refractivity contribution in [3.8, 4) is 0 Å². The van der Waals surface area contributed by atoms with Crippen molar-refractivity contribution >= 4 is 0 Å². The maximum Gasteiger partial charge on any atom is 0.123 e. The maximum atomic E-state index is 12.9. The van der Waals surface area contributed by atoms with E-state index in [0.29, 0.717) is 12.1 Å². The lowest BCUT2D eigenvalue weighted by Gasteiger charge is -2.44. The summed E-state index contributed by atoms with van der Waals surface area (Å²) in [5, 5.41) is 0. The second kappa shape index (κ2) is 5.81. The first-order chi connectivity index (χ1) is 8.60. The average Bonchev–Trinajstić information content (AvgIpc) is 2.35.